The summed E-state index contributed by atoms with van der Waals surface area (Å²) in [6, 6.07) is 39.7. The van der Waals surface area contributed by atoms with Gasteiger partial charge in [-0.1, -0.05) is 91.0 Å². The summed E-state index contributed by atoms with van der Waals surface area (Å²) in [6.45, 7) is 5.32. The first-order chi connectivity index (χ1) is 31.1. The first-order valence-electron chi connectivity index (χ1n) is 22.2. The summed E-state index contributed by atoms with van der Waals surface area (Å²) >= 11 is 0. The van der Waals surface area contributed by atoms with Gasteiger partial charge in [0.05, 0.1) is 18.2 Å². The number of aromatic hydroxyl groups is 1. The first-order valence-corrected chi connectivity index (χ1v) is 22.2. The van der Waals surface area contributed by atoms with E-state index in [2.05, 4.69) is 39.5 Å². The molecule has 2 saturated heterocycles. The number of amides is 1. The van der Waals surface area contributed by atoms with Crippen LogP contribution in [0.25, 0.3) is 10.9 Å². The van der Waals surface area contributed by atoms with Crippen molar-refractivity contribution in [2.45, 2.75) is 50.5 Å². The van der Waals surface area contributed by atoms with Crippen LogP contribution in [-0.4, -0.2) is 87.9 Å². The predicted octanol–water partition coefficient (Wildman–Crippen LogP) is 6.68. The van der Waals surface area contributed by atoms with Crippen molar-refractivity contribution in [3.8, 4) is 11.5 Å². The first kappa shape index (κ1) is 44.3. The fourth-order valence-electron chi connectivity index (χ4n) is 8.91. The van der Waals surface area contributed by atoms with Crippen LogP contribution < -0.4 is 15.6 Å². The number of hydrogen-bond donors (Lipinski definition) is 5. The minimum atomic E-state index is -2.06. The van der Waals surface area contributed by atoms with Gasteiger partial charge in [0.15, 0.2) is 0 Å². The number of aliphatic hydroxyl groups excluding tert-OH is 1. The van der Waals surface area contributed by atoms with Gasteiger partial charge in [0.1, 0.15) is 18.1 Å². The number of aliphatic hydroxyl groups is 2. The molecule has 0 unspecified atom stereocenters. The van der Waals surface area contributed by atoms with E-state index in [9.17, 15) is 29.7 Å². The lowest BCUT2D eigenvalue weighted by Gasteiger charge is -2.33. The number of nitrogens with one attached hydrogen (secondary N) is 2. The number of aromatic nitrogens is 1. The lowest BCUT2D eigenvalue weighted by Crippen LogP contribution is -2.41. The number of phenolic OH excluding ortho intramolecular Hbond substituents is 1. The number of aromatic amines is 1. The molecule has 2 fully saturated rings. The minimum Gasteiger partial charge on any atom is -0.506 e. The topological polar surface area (TPSA) is 165 Å². The minimum absolute atomic E-state index is 0.0490. The molecule has 8 rings (SSSR count). The van der Waals surface area contributed by atoms with Gasteiger partial charge in [-0.2, -0.15) is 0 Å². The lowest BCUT2D eigenvalue weighted by atomic mass is 9.86. The number of fused-ring (bicyclic) bond motifs is 1. The highest BCUT2D eigenvalue weighted by Gasteiger charge is 2.42. The number of likely N-dealkylation sites (tertiary alicyclic amines) is 2. The number of esters is 1. The van der Waals surface area contributed by atoms with Gasteiger partial charge >= 0.3 is 5.97 Å². The predicted molar refractivity (Wildman–Crippen MR) is 245 cm³/mol. The van der Waals surface area contributed by atoms with Crippen LogP contribution in [0.2, 0.25) is 0 Å². The van der Waals surface area contributed by atoms with Crippen LogP contribution in [0.3, 0.4) is 0 Å². The quantitative estimate of drug-likeness (QED) is 0.0664. The van der Waals surface area contributed by atoms with E-state index in [-0.39, 0.29) is 36.3 Å². The van der Waals surface area contributed by atoms with E-state index in [0.717, 1.165) is 50.9 Å². The number of ether oxygens (including phenoxy) is 2. The molecule has 0 radical (unpaired) electrons. The highest BCUT2D eigenvalue weighted by molar-refractivity contribution is 5.94. The zero-order chi connectivity index (χ0) is 44.5. The van der Waals surface area contributed by atoms with Crippen LogP contribution >= 0.6 is 0 Å². The fourth-order valence-corrected chi connectivity index (χ4v) is 8.91. The second-order valence-corrected chi connectivity index (χ2v) is 17.1. The molecule has 2 aliphatic heterocycles. The van der Waals surface area contributed by atoms with Gasteiger partial charge in [0, 0.05) is 48.8 Å². The number of phenols is 1. The Morgan fingerprint density at radius 1 is 0.766 bits per heavy atom. The van der Waals surface area contributed by atoms with Gasteiger partial charge in [0.2, 0.25) is 11.2 Å². The number of nitrogens with zero attached hydrogens (tertiary/aromatic N) is 2. The second kappa shape index (κ2) is 20.5. The molecule has 0 bridgehead atoms. The summed E-state index contributed by atoms with van der Waals surface area (Å²) in [5.74, 6) is 0.158. The third-order valence-corrected chi connectivity index (χ3v) is 12.7. The molecule has 0 saturated carbocycles. The SMILES string of the molecule is O=C(c1cccc(COc2cccc([C@](O)(C(=O)OCC3CCN(Cc4ccccc4)CC3)c3ccccc3)c2)c1)N1CCC(CNC[C@H](O)c2ccc(O)c3[nH]c(=O)ccc23)CC1. The van der Waals surface area contributed by atoms with Crippen molar-refractivity contribution >= 4 is 22.8 Å². The molecule has 64 heavy (non-hydrogen) atoms. The molecule has 5 N–H and O–H groups in total. The Bertz CT molecular complexity index is 2570. The number of piperidine rings is 2. The van der Waals surface area contributed by atoms with Crippen LogP contribution in [0.15, 0.2) is 138 Å². The molecule has 332 valence electrons. The van der Waals surface area contributed by atoms with Crippen molar-refractivity contribution in [2.24, 2.45) is 11.8 Å². The average molecular weight is 865 g/mol. The molecule has 1 amide bonds. The number of carbonyl (C=O) groups excluding carboxylic acids is 2. The summed E-state index contributed by atoms with van der Waals surface area (Å²) in [5.41, 5.74) is 1.92. The molecular formula is C52H56N4O8. The fraction of sp³-hybridized carbons (Fsp3) is 0.327. The second-order valence-electron chi connectivity index (χ2n) is 17.1. The van der Waals surface area contributed by atoms with Crippen LogP contribution in [-0.2, 0) is 28.3 Å². The summed E-state index contributed by atoms with van der Waals surface area (Å²) in [4.78, 5) is 46.3. The Morgan fingerprint density at radius 3 is 2.22 bits per heavy atom. The summed E-state index contributed by atoms with van der Waals surface area (Å²) < 4.78 is 12.1. The van der Waals surface area contributed by atoms with Gasteiger partial charge in [-0.05, 0) is 116 Å². The van der Waals surface area contributed by atoms with E-state index < -0.39 is 17.7 Å². The molecule has 6 aromatic rings. The van der Waals surface area contributed by atoms with Gasteiger partial charge in [0.25, 0.3) is 5.91 Å². The Hall–Kier alpha value is -6.31. The molecule has 0 aliphatic carbocycles. The number of benzene rings is 5. The zero-order valence-electron chi connectivity index (χ0n) is 35.9. The Balaban J connectivity index is 0.827. The third-order valence-electron chi connectivity index (χ3n) is 12.7. The average Bonchev–Trinajstić information content (AvgIpc) is 3.33. The molecule has 5 aromatic carbocycles. The molecule has 12 nitrogen and oxygen atoms in total. The smallest absolute Gasteiger partial charge is 0.347 e. The van der Waals surface area contributed by atoms with Crippen molar-refractivity contribution in [2.75, 3.05) is 45.9 Å². The van der Waals surface area contributed by atoms with E-state index in [0.29, 0.717) is 71.0 Å². The molecule has 12 heteroatoms. The van der Waals surface area contributed by atoms with Crippen molar-refractivity contribution < 1.29 is 34.4 Å². The van der Waals surface area contributed by atoms with E-state index in [4.69, 9.17) is 9.47 Å². The van der Waals surface area contributed by atoms with Crippen molar-refractivity contribution in [3.05, 3.63) is 177 Å². The highest BCUT2D eigenvalue weighted by atomic mass is 16.5. The normalized spacial score (nSPS) is 16.6. The van der Waals surface area contributed by atoms with Gasteiger partial charge in [-0.25, -0.2) is 4.79 Å². The largest absolute Gasteiger partial charge is 0.506 e. The number of rotatable bonds is 16. The van der Waals surface area contributed by atoms with E-state index in [1.165, 1.54) is 17.7 Å². The van der Waals surface area contributed by atoms with E-state index in [1.807, 2.05) is 41.3 Å². The maximum absolute atomic E-state index is 13.9. The van der Waals surface area contributed by atoms with Crippen LogP contribution in [0, 0.1) is 11.8 Å². The Labute approximate surface area is 373 Å². The molecular weight excluding hydrogens is 809 g/mol. The molecule has 0 spiro atoms. The third kappa shape index (κ3) is 10.5. The Morgan fingerprint density at radius 2 is 1.45 bits per heavy atom. The number of carbonyl (C=O) groups is 2. The number of pyridine rings is 1. The standard InChI is InChI=1S/C52H56N4O8/c57-46-19-17-44(45-18-20-48(59)54-49(45)46)47(58)32-53-31-36-23-27-56(28-24-36)50(60)40-12-7-11-39(29-40)35-63-43-16-8-15-42(30-43)52(62,41-13-5-2-6-14-41)51(61)64-34-38-21-25-55(26-22-38)33-37-9-3-1-4-10-37/h1-20,29-30,36,38,47,53,57-58,62H,21-28,31-35H2,(H,54,59)/t47-,52-/m0/s1. The highest BCUT2D eigenvalue weighted by Crippen LogP contribution is 2.34. The van der Waals surface area contributed by atoms with E-state index >= 15 is 0 Å². The molecule has 1 aromatic heterocycles. The zero-order valence-corrected chi connectivity index (χ0v) is 35.9. The van der Waals surface area contributed by atoms with Gasteiger partial charge in [-0.3, -0.25) is 14.5 Å². The molecule has 2 atom stereocenters. The van der Waals surface area contributed by atoms with Crippen LogP contribution in [0.1, 0.15) is 70.0 Å². The monoisotopic (exact) mass is 864 g/mol. The summed E-state index contributed by atoms with van der Waals surface area (Å²) in [7, 11) is 0. The molecule has 3 heterocycles. The van der Waals surface area contributed by atoms with E-state index in [1.54, 1.807) is 60.7 Å². The Kier molecular flexibility index (Phi) is 14.2. The van der Waals surface area contributed by atoms with Crippen LogP contribution in [0.4, 0.5) is 0 Å². The maximum atomic E-state index is 13.9. The van der Waals surface area contributed by atoms with Crippen molar-refractivity contribution in [1.82, 2.24) is 20.1 Å². The summed E-state index contributed by atoms with van der Waals surface area (Å²) in [6.07, 6.45) is 2.59. The summed E-state index contributed by atoms with van der Waals surface area (Å²) in [5, 5.41) is 37.3. The maximum Gasteiger partial charge on any atom is 0.347 e. The number of H-pyrrole nitrogens is 1. The van der Waals surface area contributed by atoms with Crippen LogP contribution in [0.5, 0.6) is 11.5 Å². The van der Waals surface area contributed by atoms with Gasteiger partial charge in [-0.15, -0.1) is 0 Å². The van der Waals surface area contributed by atoms with Gasteiger partial charge < -0.3 is 40.0 Å². The van der Waals surface area contributed by atoms with Crippen molar-refractivity contribution in [3.63, 3.8) is 0 Å². The van der Waals surface area contributed by atoms with Crippen molar-refractivity contribution in [1.29, 1.82) is 0 Å². The number of hydrogen-bond acceptors (Lipinski definition) is 10. The lowest BCUT2D eigenvalue weighted by molar-refractivity contribution is -0.164. The molecule has 2 aliphatic rings.